The van der Waals surface area contributed by atoms with Crippen molar-refractivity contribution in [2.45, 2.75) is 6.54 Å². The van der Waals surface area contributed by atoms with Crippen molar-refractivity contribution in [3.05, 3.63) is 53.2 Å². The van der Waals surface area contributed by atoms with Gasteiger partial charge in [0.15, 0.2) is 0 Å². The highest BCUT2D eigenvalue weighted by Crippen LogP contribution is 2.17. The number of nitrogens with one attached hydrogen (secondary N) is 1. The number of aromatic hydroxyl groups is 1. The molecule has 0 radical (unpaired) electrons. The van der Waals surface area contributed by atoms with Crippen molar-refractivity contribution >= 4 is 17.4 Å². The molecule has 1 heterocycles. The normalized spacial score (nSPS) is 10.1. The number of benzene rings is 1. The lowest BCUT2D eigenvalue weighted by Crippen LogP contribution is -2.00. The van der Waals surface area contributed by atoms with Gasteiger partial charge in [-0.15, -0.1) is 0 Å². The van der Waals surface area contributed by atoms with Crippen molar-refractivity contribution in [3.8, 4) is 5.75 Å². The van der Waals surface area contributed by atoms with E-state index in [1.54, 1.807) is 30.5 Å². The molecule has 0 aliphatic carbocycles. The number of halogens is 1. The molecule has 0 atom stereocenters. The summed E-state index contributed by atoms with van der Waals surface area (Å²) in [5.41, 5.74) is 0.833. The van der Waals surface area contributed by atoms with Gasteiger partial charge >= 0.3 is 0 Å². The van der Waals surface area contributed by atoms with Crippen molar-refractivity contribution in [1.29, 1.82) is 0 Å². The van der Waals surface area contributed by atoms with E-state index in [1.165, 1.54) is 0 Å². The van der Waals surface area contributed by atoms with Crippen LogP contribution in [0.15, 0.2) is 42.6 Å². The minimum Gasteiger partial charge on any atom is -0.508 e. The first-order chi connectivity index (χ1) is 7.75. The summed E-state index contributed by atoms with van der Waals surface area (Å²) in [6.07, 6.45) is 1.58. The number of hydrogen-bond donors (Lipinski definition) is 2. The molecule has 0 aliphatic heterocycles. The van der Waals surface area contributed by atoms with Gasteiger partial charge in [0.05, 0.1) is 5.02 Å². The second-order valence-electron chi connectivity index (χ2n) is 3.34. The maximum absolute atomic E-state index is 9.55. The van der Waals surface area contributed by atoms with Crippen LogP contribution in [0, 0.1) is 0 Å². The van der Waals surface area contributed by atoms with E-state index in [9.17, 15) is 5.11 Å². The summed E-state index contributed by atoms with van der Waals surface area (Å²) in [6.45, 7) is 0.529. The van der Waals surface area contributed by atoms with E-state index in [0.29, 0.717) is 11.6 Å². The third-order valence-electron chi connectivity index (χ3n) is 2.18. The molecule has 2 N–H and O–H groups in total. The summed E-state index contributed by atoms with van der Waals surface area (Å²) < 4.78 is 0. The Morgan fingerprint density at radius 3 is 2.69 bits per heavy atom. The monoisotopic (exact) mass is 234 g/mol. The number of hydrogen-bond acceptors (Lipinski definition) is 3. The Kier molecular flexibility index (Phi) is 3.27. The number of anilines is 1. The lowest BCUT2D eigenvalue weighted by Gasteiger charge is -2.06. The molecule has 1 aromatic carbocycles. The summed E-state index contributed by atoms with van der Waals surface area (Å²) in [6, 6.07) is 10.8. The van der Waals surface area contributed by atoms with Crippen LogP contribution in [0.5, 0.6) is 5.75 Å². The standard InChI is InChI=1S/C12H11ClN2O/c13-10-5-6-12(15-8-10)14-7-9-3-1-2-4-11(9)16/h1-6,8,16H,7H2,(H,14,15). The number of rotatable bonds is 3. The molecule has 0 fully saturated rings. The maximum Gasteiger partial charge on any atom is 0.126 e. The molecule has 82 valence electrons. The topological polar surface area (TPSA) is 45.1 Å². The van der Waals surface area contributed by atoms with E-state index < -0.39 is 0 Å². The number of nitrogens with zero attached hydrogens (tertiary/aromatic N) is 1. The molecule has 4 heteroatoms. The Labute approximate surface area is 98.7 Å². The molecule has 2 rings (SSSR count). The molecule has 16 heavy (non-hydrogen) atoms. The quantitative estimate of drug-likeness (QED) is 0.858. The first-order valence-corrected chi connectivity index (χ1v) is 5.26. The molecule has 3 nitrogen and oxygen atoms in total. The van der Waals surface area contributed by atoms with Gasteiger partial charge in [-0.25, -0.2) is 4.98 Å². The van der Waals surface area contributed by atoms with Crippen LogP contribution in [-0.2, 0) is 6.54 Å². The second-order valence-corrected chi connectivity index (χ2v) is 3.78. The van der Waals surface area contributed by atoms with Gasteiger partial charge in [0.2, 0.25) is 0 Å². The van der Waals surface area contributed by atoms with Crippen molar-refractivity contribution in [2.24, 2.45) is 0 Å². The number of phenols is 1. The molecule has 1 aromatic heterocycles. The van der Waals surface area contributed by atoms with Crippen LogP contribution < -0.4 is 5.32 Å². The molecule has 0 unspecified atom stereocenters. The van der Waals surface area contributed by atoms with Crippen molar-refractivity contribution in [2.75, 3.05) is 5.32 Å². The van der Waals surface area contributed by atoms with Crippen molar-refractivity contribution < 1.29 is 5.11 Å². The molecular weight excluding hydrogens is 224 g/mol. The average Bonchev–Trinajstić information content (AvgIpc) is 2.30. The van der Waals surface area contributed by atoms with Gasteiger partial charge in [0.25, 0.3) is 0 Å². The lowest BCUT2D eigenvalue weighted by molar-refractivity contribution is 0.469. The zero-order chi connectivity index (χ0) is 11.4. The average molecular weight is 235 g/mol. The zero-order valence-electron chi connectivity index (χ0n) is 8.52. The predicted octanol–water partition coefficient (Wildman–Crippen LogP) is 3.05. The van der Waals surface area contributed by atoms with Gasteiger partial charge in [-0.05, 0) is 18.2 Å². The van der Waals surface area contributed by atoms with E-state index in [0.717, 1.165) is 11.4 Å². The van der Waals surface area contributed by atoms with Gasteiger partial charge < -0.3 is 10.4 Å². The van der Waals surface area contributed by atoms with Gasteiger partial charge in [-0.3, -0.25) is 0 Å². The molecule has 0 saturated carbocycles. The van der Waals surface area contributed by atoms with Gasteiger partial charge in [-0.2, -0.15) is 0 Å². The van der Waals surface area contributed by atoms with E-state index in [-0.39, 0.29) is 5.75 Å². The third kappa shape index (κ3) is 2.64. The van der Waals surface area contributed by atoms with Gasteiger partial charge in [0.1, 0.15) is 11.6 Å². The summed E-state index contributed by atoms with van der Waals surface area (Å²) in [7, 11) is 0. The van der Waals surface area contributed by atoms with Crippen LogP contribution in [0.4, 0.5) is 5.82 Å². The molecule has 0 bridgehead atoms. The van der Waals surface area contributed by atoms with Gasteiger partial charge in [-0.1, -0.05) is 29.8 Å². The summed E-state index contributed by atoms with van der Waals surface area (Å²) in [4.78, 5) is 4.10. The fourth-order valence-electron chi connectivity index (χ4n) is 1.33. The molecule has 0 saturated heterocycles. The number of aromatic nitrogens is 1. The van der Waals surface area contributed by atoms with E-state index in [2.05, 4.69) is 10.3 Å². The minimum atomic E-state index is 0.281. The van der Waals surface area contributed by atoms with Crippen LogP contribution in [0.3, 0.4) is 0 Å². The smallest absolute Gasteiger partial charge is 0.126 e. The SMILES string of the molecule is Oc1ccccc1CNc1ccc(Cl)cn1. The van der Waals surface area contributed by atoms with Crippen molar-refractivity contribution in [3.63, 3.8) is 0 Å². The molecule has 0 spiro atoms. The molecule has 0 aliphatic rings. The fraction of sp³-hybridized carbons (Fsp3) is 0.0833. The summed E-state index contributed by atoms with van der Waals surface area (Å²) >= 11 is 5.72. The minimum absolute atomic E-state index is 0.281. The van der Waals surface area contributed by atoms with Crippen LogP contribution >= 0.6 is 11.6 Å². The van der Waals surface area contributed by atoms with Crippen LogP contribution in [0.25, 0.3) is 0 Å². The number of para-hydroxylation sites is 1. The van der Waals surface area contributed by atoms with Crippen LogP contribution in [0.2, 0.25) is 5.02 Å². The van der Waals surface area contributed by atoms with Crippen LogP contribution in [-0.4, -0.2) is 10.1 Å². The van der Waals surface area contributed by atoms with Gasteiger partial charge in [0, 0.05) is 18.3 Å². The van der Waals surface area contributed by atoms with E-state index in [4.69, 9.17) is 11.6 Å². The summed E-state index contributed by atoms with van der Waals surface area (Å²) in [5, 5.41) is 13.3. The van der Waals surface area contributed by atoms with Crippen molar-refractivity contribution in [1.82, 2.24) is 4.98 Å². The first kappa shape index (κ1) is 10.8. The van der Waals surface area contributed by atoms with E-state index >= 15 is 0 Å². The Balaban J connectivity index is 2.02. The largest absolute Gasteiger partial charge is 0.508 e. The maximum atomic E-state index is 9.55. The Bertz CT molecular complexity index is 471. The first-order valence-electron chi connectivity index (χ1n) is 4.88. The predicted molar refractivity (Wildman–Crippen MR) is 64.7 cm³/mol. The second kappa shape index (κ2) is 4.86. The zero-order valence-corrected chi connectivity index (χ0v) is 9.28. The molecule has 2 aromatic rings. The van der Waals surface area contributed by atoms with Crippen LogP contribution in [0.1, 0.15) is 5.56 Å². The van der Waals surface area contributed by atoms with E-state index in [1.807, 2.05) is 12.1 Å². The molecule has 0 amide bonds. The Hall–Kier alpha value is -1.74. The Morgan fingerprint density at radius 2 is 2.00 bits per heavy atom. The highest BCUT2D eigenvalue weighted by Gasteiger charge is 1.99. The molecular formula is C12H11ClN2O. The summed E-state index contributed by atoms with van der Waals surface area (Å²) in [5.74, 6) is 1.01. The third-order valence-corrected chi connectivity index (χ3v) is 2.40. The lowest BCUT2D eigenvalue weighted by atomic mass is 10.2. The highest BCUT2D eigenvalue weighted by atomic mass is 35.5. The highest BCUT2D eigenvalue weighted by molar-refractivity contribution is 6.30. The number of phenolic OH excluding ortho intramolecular Hbond substituents is 1. The Morgan fingerprint density at radius 1 is 1.19 bits per heavy atom. The number of pyridine rings is 1. The fourth-order valence-corrected chi connectivity index (χ4v) is 1.44.